The van der Waals surface area contributed by atoms with Crippen molar-refractivity contribution >= 4 is 44.3 Å². The number of aliphatic hydroxyl groups is 1. The van der Waals surface area contributed by atoms with Gasteiger partial charge in [-0.2, -0.15) is 0 Å². The summed E-state index contributed by atoms with van der Waals surface area (Å²) in [6.07, 6.45) is -0.889. The number of fused-ring (bicyclic) bond motifs is 1. The van der Waals surface area contributed by atoms with Gasteiger partial charge in [0.05, 0.1) is 16.1 Å². The Hall–Kier alpha value is -0.920. The third kappa shape index (κ3) is 4.63. The number of benzene rings is 1. The molecule has 1 unspecified atom stereocenters. The summed E-state index contributed by atoms with van der Waals surface area (Å²) >= 11 is 9.94. The van der Waals surface area contributed by atoms with Gasteiger partial charge in [-0.25, -0.2) is 4.98 Å². The normalized spacial score (nSPS) is 17.9. The van der Waals surface area contributed by atoms with Gasteiger partial charge in [-0.3, -0.25) is 4.90 Å². The number of anilines is 1. The number of aliphatic hydroxyl groups excluding tert-OH is 1. The van der Waals surface area contributed by atoms with Crippen LogP contribution in [0.5, 0.6) is 0 Å². The molecule has 0 amide bonds. The van der Waals surface area contributed by atoms with Crippen molar-refractivity contribution in [2.75, 3.05) is 31.1 Å². The zero-order chi connectivity index (χ0) is 18.2. The minimum Gasteiger partial charge on any atom is -0.356 e. The highest BCUT2D eigenvalue weighted by Gasteiger charge is 2.27. The maximum absolute atomic E-state index is 10.2. The SMILES string of the molecule is CC(C)(C)OC(O)N1CCN(c2nc3ccc(Br)cc3cc2Cl)CC1. The van der Waals surface area contributed by atoms with Crippen LogP contribution in [0.15, 0.2) is 28.7 Å². The number of hydrogen-bond donors (Lipinski definition) is 1. The predicted molar refractivity (Wildman–Crippen MR) is 105 cm³/mol. The molecule has 2 aromatic rings. The average molecular weight is 429 g/mol. The van der Waals surface area contributed by atoms with Crippen molar-refractivity contribution in [1.29, 1.82) is 0 Å². The molecule has 1 N–H and O–H groups in total. The molecular formula is C18H23BrClN3O2. The van der Waals surface area contributed by atoms with E-state index in [4.69, 9.17) is 21.3 Å². The van der Waals surface area contributed by atoms with Gasteiger partial charge >= 0.3 is 0 Å². The van der Waals surface area contributed by atoms with E-state index >= 15 is 0 Å². The van der Waals surface area contributed by atoms with E-state index in [0.717, 1.165) is 34.3 Å². The molecule has 5 nitrogen and oxygen atoms in total. The van der Waals surface area contributed by atoms with Gasteiger partial charge in [-0.15, -0.1) is 0 Å². The fourth-order valence-electron chi connectivity index (χ4n) is 2.88. The highest BCUT2D eigenvalue weighted by molar-refractivity contribution is 9.10. The molecule has 0 saturated carbocycles. The lowest BCUT2D eigenvalue weighted by atomic mass is 10.2. The molecule has 3 rings (SSSR count). The van der Waals surface area contributed by atoms with Crippen LogP contribution in [0.4, 0.5) is 5.82 Å². The Morgan fingerprint density at radius 1 is 1.20 bits per heavy atom. The summed E-state index contributed by atoms with van der Waals surface area (Å²) in [6.45, 7) is 8.65. The van der Waals surface area contributed by atoms with Crippen LogP contribution in [-0.2, 0) is 4.74 Å². The van der Waals surface area contributed by atoms with E-state index in [2.05, 4.69) is 20.8 Å². The Morgan fingerprint density at radius 2 is 1.88 bits per heavy atom. The van der Waals surface area contributed by atoms with Crippen LogP contribution in [0.1, 0.15) is 20.8 Å². The van der Waals surface area contributed by atoms with Gasteiger partial charge in [0.1, 0.15) is 5.82 Å². The summed E-state index contributed by atoms with van der Waals surface area (Å²) in [5, 5.41) is 11.9. The van der Waals surface area contributed by atoms with Crippen LogP contribution in [-0.4, -0.2) is 53.2 Å². The Balaban J connectivity index is 1.71. The largest absolute Gasteiger partial charge is 0.356 e. The van der Waals surface area contributed by atoms with Gasteiger partial charge in [0.15, 0.2) is 0 Å². The molecule has 25 heavy (non-hydrogen) atoms. The fraction of sp³-hybridized carbons (Fsp3) is 0.500. The van der Waals surface area contributed by atoms with Gasteiger partial charge in [0.25, 0.3) is 0 Å². The van der Waals surface area contributed by atoms with Gasteiger partial charge in [-0.05, 0) is 45.0 Å². The fourth-order valence-corrected chi connectivity index (χ4v) is 3.54. The van der Waals surface area contributed by atoms with E-state index in [1.807, 2.05) is 49.9 Å². The summed E-state index contributed by atoms with van der Waals surface area (Å²) in [6, 6.07) is 7.92. The molecule has 7 heteroatoms. The smallest absolute Gasteiger partial charge is 0.216 e. The molecule has 136 valence electrons. The average Bonchev–Trinajstić information content (AvgIpc) is 2.52. The Bertz CT molecular complexity index is 758. The first-order valence-corrected chi connectivity index (χ1v) is 9.51. The topological polar surface area (TPSA) is 48.8 Å². The first-order valence-electron chi connectivity index (χ1n) is 8.34. The second-order valence-electron chi connectivity index (χ2n) is 7.21. The van der Waals surface area contributed by atoms with E-state index < -0.39 is 6.41 Å². The number of halogens is 2. The van der Waals surface area contributed by atoms with Crippen LogP contribution in [0, 0.1) is 0 Å². The number of aromatic nitrogens is 1. The standard InChI is InChI=1S/C18H23BrClN3O2/c1-18(2,3)25-17(24)23-8-6-22(7-9-23)16-14(20)11-12-10-13(19)4-5-15(12)21-16/h4-5,10-11,17,24H,6-9H2,1-3H3. The van der Waals surface area contributed by atoms with Crippen molar-refractivity contribution in [3.63, 3.8) is 0 Å². The molecule has 1 aliphatic heterocycles. The van der Waals surface area contributed by atoms with Crippen molar-refractivity contribution in [3.8, 4) is 0 Å². The molecule has 1 atom stereocenters. The third-order valence-corrected chi connectivity index (χ3v) is 4.87. The molecule has 0 bridgehead atoms. The van der Waals surface area contributed by atoms with Crippen molar-refractivity contribution in [2.45, 2.75) is 32.8 Å². The molecular weight excluding hydrogens is 406 g/mol. The highest BCUT2D eigenvalue weighted by Crippen LogP contribution is 2.30. The van der Waals surface area contributed by atoms with E-state index in [1.54, 1.807) is 0 Å². The zero-order valence-electron chi connectivity index (χ0n) is 14.7. The molecule has 1 aliphatic rings. The maximum atomic E-state index is 10.2. The van der Waals surface area contributed by atoms with Crippen molar-refractivity contribution in [1.82, 2.24) is 9.88 Å². The number of hydrogen-bond acceptors (Lipinski definition) is 5. The lowest BCUT2D eigenvalue weighted by Gasteiger charge is -2.39. The highest BCUT2D eigenvalue weighted by atomic mass is 79.9. The molecule has 1 saturated heterocycles. The molecule has 0 aliphatic carbocycles. The lowest BCUT2D eigenvalue weighted by molar-refractivity contribution is -0.239. The molecule has 1 fully saturated rings. The number of nitrogens with zero attached hydrogens (tertiary/aromatic N) is 3. The first kappa shape index (κ1) is 18.9. The zero-order valence-corrected chi connectivity index (χ0v) is 17.0. The monoisotopic (exact) mass is 427 g/mol. The number of pyridine rings is 1. The molecule has 2 heterocycles. The Kier molecular flexibility index (Phi) is 5.56. The number of piperazine rings is 1. The second kappa shape index (κ2) is 7.37. The van der Waals surface area contributed by atoms with Gasteiger partial charge < -0.3 is 14.7 Å². The number of rotatable bonds is 3. The Labute approximate surface area is 161 Å². The second-order valence-corrected chi connectivity index (χ2v) is 8.53. The third-order valence-electron chi connectivity index (χ3n) is 4.10. The van der Waals surface area contributed by atoms with Crippen LogP contribution in [0.25, 0.3) is 10.9 Å². The van der Waals surface area contributed by atoms with Crippen LogP contribution < -0.4 is 4.90 Å². The quantitative estimate of drug-likeness (QED) is 0.752. The minimum atomic E-state index is -0.889. The summed E-state index contributed by atoms with van der Waals surface area (Å²) in [7, 11) is 0. The molecule has 0 radical (unpaired) electrons. The van der Waals surface area contributed by atoms with Crippen molar-refractivity contribution in [3.05, 3.63) is 33.8 Å². The van der Waals surface area contributed by atoms with Gasteiger partial charge in [0, 0.05) is 36.0 Å². The van der Waals surface area contributed by atoms with Crippen LogP contribution in [0.2, 0.25) is 5.02 Å². The van der Waals surface area contributed by atoms with Gasteiger partial charge in [0.2, 0.25) is 6.41 Å². The predicted octanol–water partition coefficient (Wildman–Crippen LogP) is 3.86. The van der Waals surface area contributed by atoms with E-state index in [-0.39, 0.29) is 5.60 Å². The van der Waals surface area contributed by atoms with Crippen LogP contribution in [0.3, 0.4) is 0 Å². The minimum absolute atomic E-state index is 0.381. The molecule has 0 spiro atoms. The summed E-state index contributed by atoms with van der Waals surface area (Å²) < 4.78 is 6.63. The van der Waals surface area contributed by atoms with Crippen molar-refractivity contribution in [2.24, 2.45) is 0 Å². The first-order chi connectivity index (χ1) is 11.7. The summed E-state index contributed by atoms with van der Waals surface area (Å²) in [5.74, 6) is 0.794. The summed E-state index contributed by atoms with van der Waals surface area (Å²) in [5.41, 5.74) is 0.537. The van der Waals surface area contributed by atoms with Crippen LogP contribution >= 0.6 is 27.5 Å². The van der Waals surface area contributed by atoms with E-state index in [0.29, 0.717) is 18.1 Å². The maximum Gasteiger partial charge on any atom is 0.216 e. The van der Waals surface area contributed by atoms with Crippen molar-refractivity contribution < 1.29 is 9.84 Å². The molecule has 1 aromatic carbocycles. The number of ether oxygens (including phenoxy) is 1. The lowest BCUT2D eigenvalue weighted by Crippen LogP contribution is -2.52. The Morgan fingerprint density at radius 3 is 2.52 bits per heavy atom. The van der Waals surface area contributed by atoms with Gasteiger partial charge in [-0.1, -0.05) is 27.5 Å². The molecule has 1 aromatic heterocycles. The van der Waals surface area contributed by atoms with E-state index in [9.17, 15) is 5.11 Å². The van der Waals surface area contributed by atoms with E-state index in [1.165, 1.54) is 0 Å². The summed E-state index contributed by atoms with van der Waals surface area (Å²) in [4.78, 5) is 8.81.